The summed E-state index contributed by atoms with van der Waals surface area (Å²) in [7, 11) is 3.81. The van der Waals surface area contributed by atoms with Gasteiger partial charge in [0.2, 0.25) is 0 Å². The number of hydrogen-bond donors (Lipinski definition) is 0. The van der Waals surface area contributed by atoms with Gasteiger partial charge in [0.25, 0.3) is 0 Å². The lowest BCUT2D eigenvalue weighted by Gasteiger charge is -2.12. The summed E-state index contributed by atoms with van der Waals surface area (Å²) in [6, 6.07) is 13.9. The molecule has 0 fully saturated rings. The van der Waals surface area contributed by atoms with Crippen LogP contribution in [0.2, 0.25) is 0 Å². The van der Waals surface area contributed by atoms with Crippen molar-refractivity contribution in [2.24, 2.45) is 0 Å². The number of carbonyl (C=O) groups excluding carboxylic acids is 1. The number of fused-ring (bicyclic) bond motifs is 2. The number of hydrogen-bond acceptors (Lipinski definition) is 6. The Balaban J connectivity index is 1.98. The summed E-state index contributed by atoms with van der Waals surface area (Å²) < 4.78 is 10.9. The van der Waals surface area contributed by atoms with Gasteiger partial charge >= 0.3 is 11.3 Å². The van der Waals surface area contributed by atoms with E-state index in [4.69, 9.17) is 8.83 Å². The molecule has 0 spiro atoms. The molecule has 0 atom stereocenters. The van der Waals surface area contributed by atoms with Crippen molar-refractivity contribution in [2.45, 2.75) is 6.92 Å². The van der Waals surface area contributed by atoms with Gasteiger partial charge in [0, 0.05) is 42.2 Å². The first kappa shape index (κ1) is 17.7. The van der Waals surface area contributed by atoms with Crippen LogP contribution in [0.5, 0.6) is 0 Å². The molecule has 0 amide bonds. The third kappa shape index (κ3) is 2.89. The van der Waals surface area contributed by atoms with Gasteiger partial charge in [0.1, 0.15) is 16.7 Å². The quantitative estimate of drug-likeness (QED) is 0.400. The second-order valence-corrected chi connectivity index (χ2v) is 6.79. The van der Waals surface area contributed by atoms with E-state index in [2.05, 4.69) is 0 Å². The van der Waals surface area contributed by atoms with E-state index in [1.54, 1.807) is 30.3 Å². The van der Waals surface area contributed by atoms with Crippen LogP contribution in [-0.4, -0.2) is 19.9 Å². The van der Waals surface area contributed by atoms with Crippen molar-refractivity contribution < 1.29 is 13.6 Å². The molecule has 0 N–H and O–H groups in total. The van der Waals surface area contributed by atoms with Crippen molar-refractivity contribution in [1.82, 2.24) is 0 Å². The maximum absolute atomic E-state index is 12.7. The predicted molar refractivity (Wildman–Crippen MR) is 108 cm³/mol. The first-order valence-corrected chi connectivity index (χ1v) is 8.68. The highest BCUT2D eigenvalue weighted by Gasteiger charge is 2.16. The second kappa shape index (κ2) is 6.49. The Bertz CT molecular complexity index is 1360. The van der Waals surface area contributed by atoms with Crippen molar-refractivity contribution >= 4 is 33.4 Å². The lowest BCUT2D eigenvalue weighted by Crippen LogP contribution is -2.12. The summed E-state index contributed by atoms with van der Waals surface area (Å²) in [6.07, 6.45) is 0. The molecule has 4 aromatic rings. The summed E-state index contributed by atoms with van der Waals surface area (Å²) >= 11 is 0. The molecule has 0 aliphatic carbocycles. The van der Waals surface area contributed by atoms with Crippen LogP contribution >= 0.6 is 0 Å². The molecular formula is C22H17NO5. The van der Waals surface area contributed by atoms with Crippen molar-refractivity contribution in [2.75, 3.05) is 19.0 Å². The van der Waals surface area contributed by atoms with Crippen LogP contribution in [0.3, 0.4) is 0 Å². The van der Waals surface area contributed by atoms with Crippen molar-refractivity contribution in [3.05, 3.63) is 74.9 Å². The number of ketones is 1. The molecule has 2 aromatic heterocycles. The van der Waals surface area contributed by atoms with Crippen LogP contribution < -0.4 is 16.2 Å². The number of Topliss-reactive ketones (excluding diaryl/α,β-unsaturated/α-hetero) is 1. The number of nitrogens with zero attached hydrogens (tertiary/aromatic N) is 1. The highest BCUT2D eigenvalue weighted by Crippen LogP contribution is 2.29. The summed E-state index contributed by atoms with van der Waals surface area (Å²) in [4.78, 5) is 38.4. The summed E-state index contributed by atoms with van der Waals surface area (Å²) in [6.45, 7) is 1.31. The van der Waals surface area contributed by atoms with Crippen molar-refractivity contribution in [3.63, 3.8) is 0 Å². The average Bonchev–Trinajstić information content (AvgIpc) is 2.66. The predicted octanol–water partition coefficient (Wildman–Crippen LogP) is 3.84. The van der Waals surface area contributed by atoms with E-state index < -0.39 is 11.3 Å². The number of benzene rings is 2. The molecule has 4 rings (SSSR count). The molecule has 140 valence electrons. The molecule has 0 saturated carbocycles. The molecular weight excluding hydrogens is 358 g/mol. The summed E-state index contributed by atoms with van der Waals surface area (Å²) in [5, 5.41) is 1.31. The van der Waals surface area contributed by atoms with Crippen LogP contribution in [-0.2, 0) is 0 Å². The smallest absolute Gasteiger partial charge is 0.347 e. The summed E-state index contributed by atoms with van der Waals surface area (Å²) in [5.74, 6) is -0.372. The van der Waals surface area contributed by atoms with Gasteiger partial charge in [-0.2, -0.15) is 0 Å². The zero-order chi connectivity index (χ0) is 20.0. The second-order valence-electron chi connectivity index (χ2n) is 6.79. The number of para-hydroxylation sites is 1. The van der Waals surface area contributed by atoms with Crippen LogP contribution in [0.1, 0.15) is 17.3 Å². The Hall–Kier alpha value is -3.67. The van der Waals surface area contributed by atoms with E-state index in [9.17, 15) is 14.4 Å². The highest BCUT2D eigenvalue weighted by atomic mass is 16.4. The van der Waals surface area contributed by atoms with Crippen LogP contribution in [0.4, 0.5) is 5.69 Å². The first-order chi connectivity index (χ1) is 13.3. The lowest BCUT2D eigenvalue weighted by molar-refractivity contribution is 0.101. The minimum Gasteiger partial charge on any atom is -0.422 e. The molecule has 0 radical (unpaired) electrons. The van der Waals surface area contributed by atoms with E-state index in [0.717, 1.165) is 11.1 Å². The zero-order valence-electron chi connectivity index (χ0n) is 15.6. The van der Waals surface area contributed by atoms with E-state index in [1.165, 1.54) is 13.0 Å². The van der Waals surface area contributed by atoms with Gasteiger partial charge in [0.05, 0.1) is 5.56 Å². The van der Waals surface area contributed by atoms with Gasteiger partial charge in [-0.25, -0.2) is 9.59 Å². The fourth-order valence-corrected chi connectivity index (χ4v) is 3.17. The van der Waals surface area contributed by atoms with Crippen molar-refractivity contribution in [3.8, 4) is 11.1 Å². The van der Waals surface area contributed by atoms with E-state index in [1.807, 2.05) is 31.1 Å². The molecule has 0 unspecified atom stereocenters. The maximum Gasteiger partial charge on any atom is 0.347 e. The molecule has 2 aromatic carbocycles. The standard InChI is InChI=1S/C22H17NO5/c1-12(24)17-10-14-5-4-6-16(20(14)28-21(17)25)18-9-13-7-8-15(23(2)3)11-19(13)27-22(18)26/h4-11H,1-3H3. The first-order valence-electron chi connectivity index (χ1n) is 8.68. The van der Waals surface area contributed by atoms with Gasteiger partial charge in [-0.15, -0.1) is 0 Å². The van der Waals surface area contributed by atoms with Crippen LogP contribution in [0, 0.1) is 0 Å². The Labute approximate surface area is 159 Å². The van der Waals surface area contributed by atoms with E-state index in [0.29, 0.717) is 16.5 Å². The SMILES string of the molecule is CC(=O)c1cc2cccc(-c3cc4ccc(N(C)C)cc4oc3=O)c2oc1=O. The average molecular weight is 375 g/mol. The number of anilines is 1. The van der Waals surface area contributed by atoms with Gasteiger partial charge < -0.3 is 13.7 Å². The highest BCUT2D eigenvalue weighted by molar-refractivity contribution is 5.99. The molecule has 0 aliphatic heterocycles. The number of carbonyl (C=O) groups is 1. The molecule has 6 nitrogen and oxygen atoms in total. The van der Waals surface area contributed by atoms with Gasteiger partial charge in [-0.05, 0) is 31.2 Å². The molecule has 0 saturated heterocycles. The maximum atomic E-state index is 12.7. The summed E-state index contributed by atoms with van der Waals surface area (Å²) in [5.41, 5.74) is 1.08. The topological polar surface area (TPSA) is 80.7 Å². The fourth-order valence-electron chi connectivity index (χ4n) is 3.17. The minimum atomic E-state index is -0.728. The van der Waals surface area contributed by atoms with Gasteiger partial charge in [0.15, 0.2) is 5.78 Å². The Morgan fingerprint density at radius 3 is 2.36 bits per heavy atom. The largest absolute Gasteiger partial charge is 0.422 e. The van der Waals surface area contributed by atoms with Crippen LogP contribution in [0.25, 0.3) is 33.1 Å². The third-order valence-electron chi connectivity index (χ3n) is 4.67. The Kier molecular flexibility index (Phi) is 4.11. The molecule has 2 heterocycles. The molecule has 0 bridgehead atoms. The van der Waals surface area contributed by atoms with Crippen LogP contribution in [0.15, 0.2) is 67.0 Å². The van der Waals surface area contributed by atoms with E-state index >= 15 is 0 Å². The third-order valence-corrected chi connectivity index (χ3v) is 4.67. The fraction of sp³-hybridized carbons (Fsp3) is 0.136. The molecule has 28 heavy (non-hydrogen) atoms. The normalized spacial score (nSPS) is 11.1. The van der Waals surface area contributed by atoms with Crippen molar-refractivity contribution in [1.29, 1.82) is 0 Å². The van der Waals surface area contributed by atoms with Gasteiger partial charge in [-0.1, -0.05) is 18.2 Å². The van der Waals surface area contributed by atoms with E-state index in [-0.39, 0.29) is 22.5 Å². The molecule has 6 heteroatoms. The molecule has 0 aliphatic rings. The Morgan fingerprint density at radius 2 is 1.64 bits per heavy atom. The number of rotatable bonds is 3. The Morgan fingerprint density at radius 1 is 0.857 bits per heavy atom. The minimum absolute atomic E-state index is 0.0218. The van der Waals surface area contributed by atoms with Gasteiger partial charge in [-0.3, -0.25) is 4.79 Å². The monoisotopic (exact) mass is 375 g/mol. The lowest BCUT2D eigenvalue weighted by atomic mass is 10.0. The zero-order valence-corrected chi connectivity index (χ0v) is 15.6.